The lowest BCUT2D eigenvalue weighted by Gasteiger charge is -2.18. The Kier molecular flexibility index (Phi) is 4.40. The minimum atomic E-state index is -4.50. The van der Waals surface area contributed by atoms with Gasteiger partial charge in [0.25, 0.3) is 0 Å². The summed E-state index contributed by atoms with van der Waals surface area (Å²) in [6, 6.07) is 0.145. The second-order valence-electron chi connectivity index (χ2n) is 4.25. The Morgan fingerprint density at radius 3 is 2.53 bits per heavy atom. The van der Waals surface area contributed by atoms with Crippen molar-refractivity contribution in [3.63, 3.8) is 0 Å². The van der Waals surface area contributed by atoms with Gasteiger partial charge in [0, 0.05) is 12.6 Å². The van der Waals surface area contributed by atoms with Crippen LogP contribution < -0.4 is 5.32 Å². The van der Waals surface area contributed by atoms with Crippen LogP contribution in [0, 0.1) is 5.92 Å². The fraction of sp³-hybridized carbons (Fsp3) is 1.00. The molecule has 0 aromatic carbocycles. The van der Waals surface area contributed by atoms with Crippen LogP contribution in [0.3, 0.4) is 0 Å². The molecule has 0 saturated heterocycles. The third kappa shape index (κ3) is 3.99. The molecule has 5 heteroatoms. The van der Waals surface area contributed by atoms with E-state index in [-0.39, 0.29) is 12.6 Å². The third-order valence-electron chi connectivity index (χ3n) is 3.10. The van der Waals surface area contributed by atoms with E-state index < -0.39 is 12.3 Å². The predicted octanol–water partition coefficient (Wildman–Crippen LogP) is 2.08. The fourth-order valence-electron chi connectivity index (χ4n) is 2.03. The van der Waals surface area contributed by atoms with Crippen LogP contribution in [0.25, 0.3) is 0 Å². The highest BCUT2D eigenvalue weighted by molar-refractivity contribution is 4.81. The summed E-state index contributed by atoms with van der Waals surface area (Å²) in [6.45, 7) is 1.71. The molecule has 15 heavy (non-hydrogen) atoms. The molecule has 0 aromatic rings. The molecule has 1 aliphatic carbocycles. The van der Waals surface area contributed by atoms with Crippen molar-refractivity contribution in [1.82, 2.24) is 5.32 Å². The van der Waals surface area contributed by atoms with E-state index in [0.717, 1.165) is 25.7 Å². The zero-order valence-electron chi connectivity index (χ0n) is 8.85. The van der Waals surface area contributed by atoms with Crippen molar-refractivity contribution in [1.29, 1.82) is 0 Å². The van der Waals surface area contributed by atoms with Crippen LogP contribution >= 0.6 is 0 Å². The van der Waals surface area contributed by atoms with Gasteiger partial charge in [0.05, 0.1) is 0 Å². The van der Waals surface area contributed by atoms with Crippen LogP contribution in [0.5, 0.6) is 0 Å². The average molecular weight is 225 g/mol. The molecule has 3 unspecified atom stereocenters. The first-order valence-corrected chi connectivity index (χ1v) is 5.41. The van der Waals surface area contributed by atoms with Gasteiger partial charge in [-0.15, -0.1) is 0 Å². The van der Waals surface area contributed by atoms with E-state index in [1.165, 1.54) is 0 Å². The second-order valence-corrected chi connectivity index (χ2v) is 4.25. The van der Waals surface area contributed by atoms with Crippen molar-refractivity contribution in [2.45, 2.75) is 50.9 Å². The summed E-state index contributed by atoms with van der Waals surface area (Å²) in [7, 11) is 0. The van der Waals surface area contributed by atoms with Crippen LogP contribution in [0.2, 0.25) is 0 Å². The van der Waals surface area contributed by atoms with Gasteiger partial charge in [0.15, 0.2) is 6.10 Å². The van der Waals surface area contributed by atoms with Gasteiger partial charge in [-0.3, -0.25) is 0 Å². The molecule has 0 aliphatic heterocycles. The maximum atomic E-state index is 12.0. The lowest BCUT2D eigenvalue weighted by molar-refractivity contribution is -0.202. The molecule has 0 amide bonds. The zero-order chi connectivity index (χ0) is 11.5. The number of nitrogens with one attached hydrogen (secondary N) is 1. The van der Waals surface area contributed by atoms with Gasteiger partial charge in [0.1, 0.15) is 0 Å². The molecule has 3 atom stereocenters. The molecule has 0 heterocycles. The number of rotatable bonds is 4. The van der Waals surface area contributed by atoms with Crippen molar-refractivity contribution in [3.8, 4) is 0 Å². The fourth-order valence-corrected chi connectivity index (χ4v) is 2.03. The molecule has 90 valence electrons. The smallest absolute Gasteiger partial charge is 0.382 e. The molecular formula is C10H18F3NO. The second kappa shape index (κ2) is 5.16. The number of alkyl halides is 3. The summed E-state index contributed by atoms with van der Waals surface area (Å²) in [6.07, 6.45) is -2.73. The Morgan fingerprint density at radius 1 is 1.40 bits per heavy atom. The van der Waals surface area contributed by atoms with Gasteiger partial charge in [-0.25, -0.2) is 0 Å². The van der Waals surface area contributed by atoms with Crippen molar-refractivity contribution < 1.29 is 18.3 Å². The molecule has 2 N–H and O–H groups in total. The molecule has 0 spiro atoms. The summed E-state index contributed by atoms with van der Waals surface area (Å²) < 4.78 is 35.9. The van der Waals surface area contributed by atoms with Crippen LogP contribution in [-0.4, -0.2) is 30.0 Å². The summed E-state index contributed by atoms with van der Waals surface area (Å²) in [5, 5.41) is 11.6. The van der Waals surface area contributed by atoms with E-state index in [9.17, 15) is 13.2 Å². The molecule has 0 aromatic heterocycles. The molecular weight excluding hydrogens is 207 g/mol. The first kappa shape index (κ1) is 12.8. The minimum absolute atomic E-state index is 0.145. The van der Waals surface area contributed by atoms with E-state index in [1.54, 1.807) is 0 Å². The molecule has 2 nitrogen and oxygen atoms in total. The number of aliphatic hydroxyl groups is 1. The van der Waals surface area contributed by atoms with Crippen molar-refractivity contribution in [2.75, 3.05) is 6.54 Å². The standard InChI is InChI=1S/C10H18F3NO/c1-2-7-3-4-8(5-7)14-6-9(15)10(11,12)13/h7-9,14-15H,2-6H2,1H3. The summed E-state index contributed by atoms with van der Waals surface area (Å²) >= 11 is 0. The largest absolute Gasteiger partial charge is 0.415 e. The normalized spacial score (nSPS) is 29.4. The summed E-state index contributed by atoms with van der Waals surface area (Å²) in [5.74, 6) is 0.630. The number of hydrogen-bond donors (Lipinski definition) is 2. The number of halogens is 3. The quantitative estimate of drug-likeness (QED) is 0.767. The van der Waals surface area contributed by atoms with Crippen LogP contribution in [0.15, 0.2) is 0 Å². The van der Waals surface area contributed by atoms with Crippen LogP contribution in [-0.2, 0) is 0 Å². The Labute approximate surface area is 87.9 Å². The van der Waals surface area contributed by atoms with Gasteiger partial charge in [-0.05, 0) is 25.2 Å². The SMILES string of the molecule is CCC1CCC(NCC(O)C(F)(F)F)C1. The minimum Gasteiger partial charge on any atom is -0.382 e. The van der Waals surface area contributed by atoms with E-state index in [4.69, 9.17) is 5.11 Å². The van der Waals surface area contributed by atoms with Gasteiger partial charge < -0.3 is 10.4 Å². The van der Waals surface area contributed by atoms with Crippen molar-refractivity contribution in [2.24, 2.45) is 5.92 Å². The maximum Gasteiger partial charge on any atom is 0.415 e. The van der Waals surface area contributed by atoms with E-state index in [1.807, 2.05) is 0 Å². The Morgan fingerprint density at radius 2 is 2.07 bits per heavy atom. The van der Waals surface area contributed by atoms with Crippen LogP contribution in [0.4, 0.5) is 13.2 Å². The molecule has 1 saturated carbocycles. The highest BCUT2D eigenvalue weighted by Crippen LogP contribution is 2.28. The van der Waals surface area contributed by atoms with Gasteiger partial charge >= 0.3 is 6.18 Å². The Hall–Kier alpha value is -0.290. The lowest BCUT2D eigenvalue weighted by atomic mass is 10.1. The molecule has 1 aliphatic rings. The topological polar surface area (TPSA) is 32.3 Å². The average Bonchev–Trinajstić information content (AvgIpc) is 2.60. The van der Waals surface area contributed by atoms with E-state index in [2.05, 4.69) is 12.2 Å². The highest BCUT2D eigenvalue weighted by atomic mass is 19.4. The monoisotopic (exact) mass is 225 g/mol. The zero-order valence-corrected chi connectivity index (χ0v) is 8.85. The first-order chi connectivity index (χ1) is 6.93. The highest BCUT2D eigenvalue weighted by Gasteiger charge is 2.38. The van der Waals surface area contributed by atoms with E-state index >= 15 is 0 Å². The summed E-state index contributed by atoms with van der Waals surface area (Å²) in [4.78, 5) is 0. The number of hydrogen-bond acceptors (Lipinski definition) is 2. The third-order valence-corrected chi connectivity index (χ3v) is 3.10. The molecule has 0 bridgehead atoms. The Bertz CT molecular complexity index is 196. The van der Waals surface area contributed by atoms with Gasteiger partial charge in [0.2, 0.25) is 0 Å². The van der Waals surface area contributed by atoms with E-state index in [0.29, 0.717) is 5.92 Å². The predicted molar refractivity (Wildman–Crippen MR) is 51.5 cm³/mol. The number of aliphatic hydroxyl groups excluding tert-OH is 1. The van der Waals surface area contributed by atoms with Crippen LogP contribution in [0.1, 0.15) is 32.6 Å². The molecule has 1 rings (SSSR count). The first-order valence-electron chi connectivity index (χ1n) is 5.41. The summed E-state index contributed by atoms with van der Waals surface area (Å²) in [5.41, 5.74) is 0. The lowest BCUT2D eigenvalue weighted by Crippen LogP contribution is -2.41. The van der Waals surface area contributed by atoms with Gasteiger partial charge in [-0.2, -0.15) is 13.2 Å². The van der Waals surface area contributed by atoms with Crippen molar-refractivity contribution in [3.05, 3.63) is 0 Å². The Balaban J connectivity index is 2.21. The van der Waals surface area contributed by atoms with Crippen molar-refractivity contribution >= 4 is 0 Å². The molecule has 1 fully saturated rings. The van der Waals surface area contributed by atoms with Gasteiger partial charge in [-0.1, -0.05) is 13.3 Å². The molecule has 0 radical (unpaired) electrons. The maximum absolute atomic E-state index is 12.0.